The highest BCUT2D eigenvalue weighted by atomic mass is 28.4. The van der Waals surface area contributed by atoms with Crippen LogP contribution in [-0.2, 0) is 15.8 Å². The Morgan fingerprint density at radius 1 is 0.805 bits per heavy atom. The number of hydrogen-bond acceptors (Lipinski definition) is 4. The van der Waals surface area contributed by atoms with Gasteiger partial charge in [-0.05, 0) is 33.5 Å². The van der Waals surface area contributed by atoms with E-state index in [2.05, 4.69) is 89.2 Å². The molecule has 5 atom stereocenters. The summed E-state index contributed by atoms with van der Waals surface area (Å²) in [4.78, 5) is 0. The molecule has 0 heterocycles. The Hall–Kier alpha value is -2.54. The molecule has 3 rings (SSSR count). The van der Waals surface area contributed by atoms with E-state index in [9.17, 15) is 10.2 Å². The molecule has 0 fully saturated rings. The number of benzene rings is 3. The van der Waals surface area contributed by atoms with Crippen molar-refractivity contribution in [3.63, 3.8) is 0 Å². The van der Waals surface area contributed by atoms with E-state index in [-0.39, 0.29) is 35.5 Å². The van der Waals surface area contributed by atoms with Gasteiger partial charge in [-0.1, -0.05) is 139 Å². The standard InChI is InChI=1S/C36H50O4Si/c1-27(23-28(2)35(29(3)24-37)39-26-31-17-11-8-12-18-31)34(38)30(4)25-40-41(36(5,6)7,32-19-13-9-14-20-32)33-21-15-10-16-22-33/h8-23,28-30,34-35,37-38H,24-26H2,1-7H3/b27-23+/t28-,29+,30+,34?,35-/m1/s1. The highest BCUT2D eigenvalue weighted by Crippen LogP contribution is 2.37. The Labute approximate surface area is 249 Å². The first kappa shape index (κ1) is 33.0. The second kappa shape index (κ2) is 15.1. The summed E-state index contributed by atoms with van der Waals surface area (Å²) >= 11 is 0. The second-order valence-electron chi connectivity index (χ2n) is 12.6. The Bertz CT molecular complexity index is 1150. The highest BCUT2D eigenvalue weighted by molar-refractivity contribution is 6.99. The van der Waals surface area contributed by atoms with Crippen LogP contribution in [0.5, 0.6) is 0 Å². The lowest BCUT2D eigenvalue weighted by Crippen LogP contribution is -2.67. The third kappa shape index (κ3) is 8.27. The molecular formula is C36H50O4Si. The van der Waals surface area contributed by atoms with Gasteiger partial charge in [-0.25, -0.2) is 0 Å². The maximum absolute atomic E-state index is 11.4. The van der Waals surface area contributed by atoms with Gasteiger partial charge in [-0.3, -0.25) is 0 Å². The Morgan fingerprint density at radius 3 is 1.76 bits per heavy atom. The minimum Gasteiger partial charge on any atom is -0.407 e. The summed E-state index contributed by atoms with van der Waals surface area (Å²) in [7, 11) is -2.68. The SMILES string of the molecule is C/C(=C\[C@@H](C)[C@@H](OCc1ccccc1)[C@@H](C)CO)C(O)[C@@H](C)CO[Si](c1ccccc1)(c1ccccc1)C(C)(C)C. The first-order valence-corrected chi connectivity index (χ1v) is 16.8. The Morgan fingerprint density at radius 2 is 1.29 bits per heavy atom. The third-order valence-electron chi connectivity index (χ3n) is 8.16. The van der Waals surface area contributed by atoms with Gasteiger partial charge < -0.3 is 19.4 Å². The summed E-state index contributed by atoms with van der Waals surface area (Å²) in [5, 5.41) is 23.7. The summed E-state index contributed by atoms with van der Waals surface area (Å²) in [6, 6.07) is 31.3. The zero-order chi connectivity index (χ0) is 30.0. The quantitative estimate of drug-likeness (QED) is 0.174. The van der Waals surface area contributed by atoms with Crippen molar-refractivity contribution < 1.29 is 19.4 Å². The van der Waals surface area contributed by atoms with Crippen LogP contribution in [0.3, 0.4) is 0 Å². The van der Waals surface area contributed by atoms with Gasteiger partial charge in [0.1, 0.15) is 0 Å². The predicted molar refractivity (Wildman–Crippen MR) is 173 cm³/mol. The fourth-order valence-electron chi connectivity index (χ4n) is 5.87. The zero-order valence-electron chi connectivity index (χ0n) is 26.0. The van der Waals surface area contributed by atoms with E-state index in [1.54, 1.807) is 0 Å². The molecule has 0 saturated heterocycles. The summed E-state index contributed by atoms with van der Waals surface area (Å²) in [6.45, 7) is 15.9. The molecule has 0 radical (unpaired) electrons. The molecule has 3 aromatic rings. The topological polar surface area (TPSA) is 58.9 Å². The number of rotatable bonds is 14. The molecule has 0 aliphatic rings. The number of ether oxygens (including phenoxy) is 1. The molecule has 0 saturated carbocycles. The van der Waals surface area contributed by atoms with Crippen molar-refractivity contribution in [3.05, 3.63) is 108 Å². The van der Waals surface area contributed by atoms with E-state index in [1.807, 2.05) is 56.3 Å². The van der Waals surface area contributed by atoms with Crippen molar-refractivity contribution in [2.75, 3.05) is 13.2 Å². The zero-order valence-corrected chi connectivity index (χ0v) is 27.0. The summed E-state index contributed by atoms with van der Waals surface area (Å²) in [5.74, 6) is -0.134. The summed E-state index contributed by atoms with van der Waals surface area (Å²) in [5.41, 5.74) is 2.00. The molecule has 0 aliphatic heterocycles. The molecule has 2 N–H and O–H groups in total. The van der Waals surface area contributed by atoms with Crippen LogP contribution in [0.1, 0.15) is 54.0 Å². The minimum atomic E-state index is -2.68. The third-order valence-corrected chi connectivity index (χ3v) is 13.2. The molecule has 222 valence electrons. The molecule has 4 nitrogen and oxygen atoms in total. The van der Waals surface area contributed by atoms with Crippen molar-refractivity contribution in [3.8, 4) is 0 Å². The van der Waals surface area contributed by atoms with Crippen LogP contribution in [0.15, 0.2) is 103 Å². The number of aliphatic hydroxyl groups is 2. The van der Waals surface area contributed by atoms with Gasteiger partial charge in [0.2, 0.25) is 0 Å². The predicted octanol–water partition coefficient (Wildman–Crippen LogP) is 6.36. The van der Waals surface area contributed by atoms with Gasteiger partial charge >= 0.3 is 0 Å². The lowest BCUT2D eigenvalue weighted by atomic mass is 9.89. The molecule has 3 aromatic carbocycles. The number of aliphatic hydroxyl groups excluding tert-OH is 2. The smallest absolute Gasteiger partial charge is 0.261 e. The van der Waals surface area contributed by atoms with Crippen molar-refractivity contribution >= 4 is 18.7 Å². The van der Waals surface area contributed by atoms with E-state index in [4.69, 9.17) is 9.16 Å². The monoisotopic (exact) mass is 574 g/mol. The lowest BCUT2D eigenvalue weighted by molar-refractivity contribution is -0.0313. The molecule has 5 heteroatoms. The van der Waals surface area contributed by atoms with Crippen LogP contribution in [0, 0.1) is 17.8 Å². The van der Waals surface area contributed by atoms with Crippen molar-refractivity contribution in [2.45, 2.75) is 72.3 Å². The van der Waals surface area contributed by atoms with E-state index in [0.717, 1.165) is 11.1 Å². The maximum Gasteiger partial charge on any atom is 0.261 e. The van der Waals surface area contributed by atoms with E-state index in [0.29, 0.717) is 13.2 Å². The first-order valence-electron chi connectivity index (χ1n) is 14.9. The molecule has 0 bridgehead atoms. The van der Waals surface area contributed by atoms with Gasteiger partial charge in [0.05, 0.1) is 18.8 Å². The molecule has 0 aromatic heterocycles. The van der Waals surface area contributed by atoms with Crippen molar-refractivity contribution in [2.24, 2.45) is 17.8 Å². The van der Waals surface area contributed by atoms with Crippen LogP contribution in [-0.4, -0.2) is 44.0 Å². The average Bonchev–Trinajstić information content (AvgIpc) is 2.97. The fourth-order valence-corrected chi connectivity index (χ4v) is 10.5. The van der Waals surface area contributed by atoms with Crippen LogP contribution < -0.4 is 10.4 Å². The van der Waals surface area contributed by atoms with Gasteiger partial charge in [0.15, 0.2) is 0 Å². The van der Waals surface area contributed by atoms with Crippen molar-refractivity contribution in [1.82, 2.24) is 0 Å². The molecule has 0 amide bonds. The van der Waals surface area contributed by atoms with Crippen LogP contribution in [0.4, 0.5) is 0 Å². The highest BCUT2D eigenvalue weighted by Gasteiger charge is 2.50. The van der Waals surface area contributed by atoms with Crippen LogP contribution in [0.25, 0.3) is 0 Å². The van der Waals surface area contributed by atoms with Gasteiger partial charge in [0, 0.05) is 31.0 Å². The Kier molecular flexibility index (Phi) is 12.1. The lowest BCUT2D eigenvalue weighted by Gasteiger charge is -2.43. The van der Waals surface area contributed by atoms with Gasteiger partial charge in [0.25, 0.3) is 8.32 Å². The van der Waals surface area contributed by atoms with E-state index < -0.39 is 14.4 Å². The summed E-state index contributed by atoms with van der Waals surface area (Å²) < 4.78 is 13.4. The van der Waals surface area contributed by atoms with Gasteiger partial charge in [-0.15, -0.1) is 0 Å². The molecule has 0 spiro atoms. The fraction of sp³-hybridized carbons (Fsp3) is 0.444. The van der Waals surface area contributed by atoms with E-state index >= 15 is 0 Å². The minimum absolute atomic E-state index is 0.0142. The second-order valence-corrected chi connectivity index (χ2v) is 16.9. The van der Waals surface area contributed by atoms with Crippen LogP contribution in [0.2, 0.25) is 5.04 Å². The number of hydrogen-bond donors (Lipinski definition) is 2. The average molecular weight is 575 g/mol. The summed E-state index contributed by atoms with van der Waals surface area (Å²) in [6.07, 6.45) is 1.27. The molecule has 41 heavy (non-hydrogen) atoms. The largest absolute Gasteiger partial charge is 0.407 e. The van der Waals surface area contributed by atoms with Crippen molar-refractivity contribution in [1.29, 1.82) is 0 Å². The molecular weight excluding hydrogens is 524 g/mol. The molecule has 0 aliphatic carbocycles. The molecule has 1 unspecified atom stereocenters. The first-order chi connectivity index (χ1) is 19.5. The van der Waals surface area contributed by atoms with E-state index in [1.165, 1.54) is 10.4 Å². The van der Waals surface area contributed by atoms with Gasteiger partial charge in [-0.2, -0.15) is 0 Å². The van der Waals surface area contributed by atoms with Crippen LogP contribution >= 0.6 is 0 Å². The maximum atomic E-state index is 11.4. The normalized spacial score (nSPS) is 16.6. The Balaban J connectivity index is 1.79.